The molecule has 0 spiro atoms. The number of anilines is 1. The van der Waals surface area contributed by atoms with Crippen molar-refractivity contribution >= 4 is 29.5 Å². The van der Waals surface area contributed by atoms with Gasteiger partial charge in [0.2, 0.25) is 0 Å². The number of amides is 4. The van der Waals surface area contributed by atoms with Crippen LogP contribution in [0.15, 0.2) is 48.5 Å². The van der Waals surface area contributed by atoms with Crippen molar-refractivity contribution in [2.75, 3.05) is 11.9 Å². The second-order valence-corrected chi connectivity index (χ2v) is 6.83. The first kappa shape index (κ1) is 20.8. The summed E-state index contributed by atoms with van der Waals surface area (Å²) in [6.07, 6.45) is 1.91. The number of nitrogens with one attached hydrogen (secondary N) is 3. The van der Waals surface area contributed by atoms with Gasteiger partial charge >= 0.3 is 12.0 Å². The van der Waals surface area contributed by atoms with Gasteiger partial charge in [-0.05, 0) is 42.7 Å². The zero-order valence-corrected chi connectivity index (χ0v) is 16.1. The van der Waals surface area contributed by atoms with Crippen LogP contribution in [0.25, 0.3) is 0 Å². The zero-order chi connectivity index (χ0) is 21.5. The number of hydrogen-bond donors (Lipinski definition) is 4. The molecule has 0 aromatic heterocycles. The Hall–Kier alpha value is -3.88. The number of para-hydroxylation sites is 1. The summed E-state index contributed by atoms with van der Waals surface area (Å²) in [4.78, 5) is 47.3. The first-order valence-electron chi connectivity index (χ1n) is 9.41. The number of carbonyl (C=O) groups excluding carboxylic acids is 4. The Balaban J connectivity index is 1.51. The number of ether oxygens (including phenoxy) is 1. The Morgan fingerprint density at radius 1 is 1.00 bits per heavy atom. The molecule has 0 aliphatic heterocycles. The summed E-state index contributed by atoms with van der Waals surface area (Å²) in [5.41, 5.74) is 6.72. The Labute approximate surface area is 173 Å². The fourth-order valence-corrected chi connectivity index (χ4v) is 2.63. The molecule has 0 bridgehead atoms. The van der Waals surface area contributed by atoms with Crippen LogP contribution >= 0.6 is 0 Å². The lowest BCUT2D eigenvalue weighted by Gasteiger charge is -2.11. The molecule has 0 saturated heterocycles. The van der Waals surface area contributed by atoms with Gasteiger partial charge in [-0.2, -0.15) is 0 Å². The average Bonchev–Trinajstić information content (AvgIpc) is 3.55. The van der Waals surface area contributed by atoms with E-state index in [-0.39, 0.29) is 24.1 Å². The summed E-state index contributed by atoms with van der Waals surface area (Å²) < 4.78 is 5.03. The quantitative estimate of drug-likeness (QED) is 0.489. The van der Waals surface area contributed by atoms with E-state index in [2.05, 4.69) is 16.0 Å². The maximum atomic E-state index is 12.3. The van der Waals surface area contributed by atoms with E-state index in [9.17, 15) is 19.2 Å². The minimum atomic E-state index is -0.667. The molecule has 0 unspecified atom stereocenters. The Bertz CT molecular complexity index is 954. The third-order valence-corrected chi connectivity index (χ3v) is 4.35. The van der Waals surface area contributed by atoms with E-state index in [1.54, 1.807) is 36.4 Å². The van der Waals surface area contributed by atoms with Crippen LogP contribution in [-0.4, -0.2) is 36.5 Å². The van der Waals surface area contributed by atoms with Gasteiger partial charge in [0.1, 0.15) is 0 Å². The van der Waals surface area contributed by atoms with E-state index in [1.807, 2.05) is 0 Å². The molecule has 1 aliphatic rings. The van der Waals surface area contributed by atoms with Crippen molar-refractivity contribution in [1.82, 2.24) is 10.6 Å². The normalized spacial score (nSPS) is 12.5. The molecule has 9 heteroatoms. The van der Waals surface area contributed by atoms with Crippen LogP contribution in [0, 0.1) is 0 Å². The van der Waals surface area contributed by atoms with Gasteiger partial charge < -0.3 is 26.4 Å². The fraction of sp³-hybridized carbons (Fsp3) is 0.238. The third-order valence-electron chi connectivity index (χ3n) is 4.35. The van der Waals surface area contributed by atoms with E-state index in [0.717, 1.165) is 18.4 Å². The van der Waals surface area contributed by atoms with Gasteiger partial charge in [0.25, 0.3) is 11.8 Å². The molecule has 5 N–H and O–H groups in total. The highest BCUT2D eigenvalue weighted by atomic mass is 16.5. The zero-order valence-electron chi connectivity index (χ0n) is 16.1. The van der Waals surface area contributed by atoms with Gasteiger partial charge in [0, 0.05) is 12.6 Å². The monoisotopic (exact) mass is 410 g/mol. The minimum absolute atomic E-state index is 0.195. The molecule has 0 atom stereocenters. The summed E-state index contributed by atoms with van der Waals surface area (Å²) in [5.74, 6) is -1.48. The number of benzene rings is 2. The highest BCUT2D eigenvalue weighted by molar-refractivity contribution is 6.04. The summed E-state index contributed by atoms with van der Waals surface area (Å²) >= 11 is 0. The number of urea groups is 1. The summed E-state index contributed by atoms with van der Waals surface area (Å²) in [7, 11) is 0. The molecule has 9 nitrogen and oxygen atoms in total. The van der Waals surface area contributed by atoms with E-state index in [1.165, 1.54) is 12.1 Å². The number of hydrogen-bond acceptors (Lipinski definition) is 5. The minimum Gasteiger partial charge on any atom is -0.452 e. The fourth-order valence-electron chi connectivity index (χ4n) is 2.63. The topological polar surface area (TPSA) is 140 Å². The van der Waals surface area contributed by atoms with E-state index < -0.39 is 24.5 Å². The van der Waals surface area contributed by atoms with Gasteiger partial charge in [-0.25, -0.2) is 9.59 Å². The van der Waals surface area contributed by atoms with Crippen LogP contribution in [0.3, 0.4) is 0 Å². The van der Waals surface area contributed by atoms with Gasteiger partial charge in [-0.3, -0.25) is 9.59 Å². The summed E-state index contributed by atoms with van der Waals surface area (Å²) in [6.45, 7) is -0.261. The number of rotatable bonds is 8. The smallest absolute Gasteiger partial charge is 0.338 e. The Morgan fingerprint density at radius 2 is 1.70 bits per heavy atom. The third kappa shape index (κ3) is 6.06. The lowest BCUT2D eigenvalue weighted by atomic mass is 10.1. The van der Waals surface area contributed by atoms with Crippen LogP contribution in [0.4, 0.5) is 10.5 Å². The van der Waals surface area contributed by atoms with Crippen LogP contribution in [-0.2, 0) is 16.1 Å². The van der Waals surface area contributed by atoms with Crippen LogP contribution in [0.5, 0.6) is 0 Å². The van der Waals surface area contributed by atoms with Gasteiger partial charge in [0.15, 0.2) is 6.61 Å². The van der Waals surface area contributed by atoms with Crippen LogP contribution in [0.2, 0.25) is 0 Å². The number of primary amides is 1. The number of esters is 1. The largest absolute Gasteiger partial charge is 0.452 e. The van der Waals surface area contributed by atoms with E-state index in [0.29, 0.717) is 11.3 Å². The molecule has 3 rings (SSSR count). The molecule has 2 aromatic carbocycles. The van der Waals surface area contributed by atoms with Crippen molar-refractivity contribution < 1.29 is 23.9 Å². The van der Waals surface area contributed by atoms with Crippen molar-refractivity contribution in [3.8, 4) is 0 Å². The molecular weight excluding hydrogens is 388 g/mol. The number of carbonyl (C=O) groups is 4. The maximum Gasteiger partial charge on any atom is 0.338 e. The first-order valence-corrected chi connectivity index (χ1v) is 9.41. The van der Waals surface area contributed by atoms with E-state index in [4.69, 9.17) is 10.5 Å². The molecule has 0 heterocycles. The standard InChI is InChI=1S/C21H22N4O5/c22-21(29)23-11-13-5-7-14(8-6-13)20(28)30-12-18(26)25-17-4-2-1-3-16(17)19(27)24-15-9-10-15/h1-8,15H,9-12H2,(H,24,27)(H,25,26)(H3,22,23,29). The predicted octanol–water partition coefficient (Wildman–Crippen LogP) is 1.54. The Morgan fingerprint density at radius 3 is 2.37 bits per heavy atom. The molecule has 1 aliphatic carbocycles. The van der Waals surface area contributed by atoms with Gasteiger partial charge in [-0.15, -0.1) is 0 Å². The molecule has 4 amide bonds. The molecule has 2 aromatic rings. The van der Waals surface area contributed by atoms with Gasteiger partial charge in [0.05, 0.1) is 16.8 Å². The highest BCUT2D eigenvalue weighted by Crippen LogP contribution is 2.21. The first-order chi connectivity index (χ1) is 14.4. The summed E-state index contributed by atoms with van der Waals surface area (Å²) in [5, 5.41) is 7.91. The lowest BCUT2D eigenvalue weighted by Crippen LogP contribution is -2.28. The molecule has 0 radical (unpaired) electrons. The predicted molar refractivity (Wildman–Crippen MR) is 109 cm³/mol. The maximum absolute atomic E-state index is 12.3. The molecular formula is C21H22N4O5. The second-order valence-electron chi connectivity index (χ2n) is 6.83. The van der Waals surface area contributed by atoms with Crippen molar-refractivity contribution in [1.29, 1.82) is 0 Å². The SMILES string of the molecule is NC(=O)NCc1ccc(C(=O)OCC(=O)Nc2ccccc2C(=O)NC2CC2)cc1. The highest BCUT2D eigenvalue weighted by Gasteiger charge is 2.25. The van der Waals surface area contributed by atoms with Crippen LogP contribution < -0.4 is 21.7 Å². The number of nitrogens with two attached hydrogens (primary N) is 1. The average molecular weight is 410 g/mol. The van der Waals surface area contributed by atoms with Crippen molar-refractivity contribution in [2.45, 2.75) is 25.4 Å². The Kier molecular flexibility index (Phi) is 6.63. The van der Waals surface area contributed by atoms with Crippen molar-refractivity contribution in [3.05, 3.63) is 65.2 Å². The van der Waals surface area contributed by atoms with E-state index >= 15 is 0 Å². The molecule has 30 heavy (non-hydrogen) atoms. The van der Waals surface area contributed by atoms with Crippen molar-refractivity contribution in [2.24, 2.45) is 5.73 Å². The lowest BCUT2D eigenvalue weighted by molar-refractivity contribution is -0.119. The molecule has 1 saturated carbocycles. The second kappa shape index (κ2) is 9.55. The summed E-state index contributed by atoms with van der Waals surface area (Å²) in [6, 6.07) is 12.5. The van der Waals surface area contributed by atoms with Gasteiger partial charge in [-0.1, -0.05) is 24.3 Å². The molecule has 156 valence electrons. The van der Waals surface area contributed by atoms with Crippen molar-refractivity contribution in [3.63, 3.8) is 0 Å². The van der Waals surface area contributed by atoms with Crippen LogP contribution in [0.1, 0.15) is 39.1 Å². The molecule has 1 fully saturated rings.